The number of morpholine rings is 1. The fourth-order valence-corrected chi connectivity index (χ4v) is 2.37. The van der Waals surface area contributed by atoms with Crippen LogP contribution in [0.25, 0.3) is 0 Å². The number of hydrogen-bond donors (Lipinski definition) is 1. The Labute approximate surface area is 145 Å². The number of hydrogen-bond acceptors (Lipinski definition) is 5. The molecular formula is C15H18ClN3O3S. The lowest BCUT2D eigenvalue weighted by atomic mass is 10.2. The molecule has 0 atom stereocenters. The van der Waals surface area contributed by atoms with Gasteiger partial charge in [-0.25, -0.2) is 0 Å². The third-order valence-electron chi connectivity index (χ3n) is 3.24. The van der Waals surface area contributed by atoms with Gasteiger partial charge in [0.15, 0.2) is 5.11 Å². The summed E-state index contributed by atoms with van der Waals surface area (Å²) in [7, 11) is 1.33. The van der Waals surface area contributed by atoms with Crippen LogP contribution in [0.1, 0.15) is 5.56 Å². The van der Waals surface area contributed by atoms with Gasteiger partial charge in [0, 0.05) is 23.7 Å². The van der Waals surface area contributed by atoms with Crippen molar-refractivity contribution < 1.29 is 14.3 Å². The largest absolute Gasteiger partial charge is 0.468 e. The molecule has 0 spiro atoms. The number of nitrogens with one attached hydrogen (secondary N) is 1. The number of amidine groups is 1. The molecule has 2 rings (SSSR count). The van der Waals surface area contributed by atoms with Crippen LogP contribution in [0.15, 0.2) is 29.3 Å². The van der Waals surface area contributed by atoms with E-state index in [1.54, 1.807) is 12.1 Å². The standard InChI is InChI=1S/C15H18ClN3O3S/c1-21-13(20)10-17-14(11-2-4-12(16)5-3-11)18-15(23)19-6-8-22-9-7-19/h2-5H,6-10H2,1H3,(H,17,18,23). The third-order valence-corrected chi connectivity index (χ3v) is 3.85. The molecule has 1 fully saturated rings. The van der Waals surface area contributed by atoms with Gasteiger partial charge in [0.05, 0.1) is 20.3 Å². The molecule has 1 N–H and O–H groups in total. The summed E-state index contributed by atoms with van der Waals surface area (Å²) in [6.45, 7) is 2.62. The van der Waals surface area contributed by atoms with E-state index in [4.69, 9.17) is 28.6 Å². The number of esters is 1. The molecule has 1 heterocycles. The molecule has 1 aromatic carbocycles. The van der Waals surface area contributed by atoms with E-state index in [1.807, 2.05) is 17.0 Å². The van der Waals surface area contributed by atoms with Crippen molar-refractivity contribution in [1.29, 1.82) is 0 Å². The number of methoxy groups -OCH3 is 1. The Balaban J connectivity index is 2.13. The number of ether oxygens (including phenoxy) is 2. The molecule has 6 nitrogen and oxygen atoms in total. The monoisotopic (exact) mass is 355 g/mol. The molecule has 0 amide bonds. The van der Waals surface area contributed by atoms with E-state index in [0.717, 1.165) is 18.7 Å². The molecule has 0 saturated carbocycles. The van der Waals surface area contributed by atoms with Crippen LogP contribution in [-0.2, 0) is 14.3 Å². The summed E-state index contributed by atoms with van der Waals surface area (Å²) >= 11 is 11.3. The predicted molar refractivity (Wildman–Crippen MR) is 93.0 cm³/mol. The van der Waals surface area contributed by atoms with Crippen LogP contribution in [0.2, 0.25) is 5.02 Å². The highest BCUT2D eigenvalue weighted by Gasteiger charge is 2.16. The van der Waals surface area contributed by atoms with E-state index in [1.165, 1.54) is 7.11 Å². The topological polar surface area (TPSA) is 63.2 Å². The smallest absolute Gasteiger partial charge is 0.327 e. The van der Waals surface area contributed by atoms with Crippen molar-refractivity contribution in [2.24, 2.45) is 4.99 Å². The fourth-order valence-electron chi connectivity index (χ4n) is 1.97. The average Bonchev–Trinajstić information content (AvgIpc) is 2.59. The van der Waals surface area contributed by atoms with Crippen LogP contribution in [0.4, 0.5) is 0 Å². The van der Waals surface area contributed by atoms with Gasteiger partial charge < -0.3 is 19.7 Å². The van der Waals surface area contributed by atoms with Crippen LogP contribution in [-0.4, -0.2) is 61.8 Å². The zero-order chi connectivity index (χ0) is 16.7. The van der Waals surface area contributed by atoms with Crippen molar-refractivity contribution in [1.82, 2.24) is 10.2 Å². The van der Waals surface area contributed by atoms with Gasteiger partial charge in [-0.1, -0.05) is 11.6 Å². The molecule has 0 radical (unpaired) electrons. The average molecular weight is 356 g/mol. The molecule has 1 aliphatic heterocycles. The second-order valence-electron chi connectivity index (χ2n) is 4.78. The van der Waals surface area contributed by atoms with E-state index in [0.29, 0.717) is 29.2 Å². The molecule has 8 heteroatoms. The second-order valence-corrected chi connectivity index (χ2v) is 5.60. The number of halogens is 1. The van der Waals surface area contributed by atoms with Crippen molar-refractivity contribution in [2.45, 2.75) is 0 Å². The van der Waals surface area contributed by atoms with Gasteiger partial charge in [-0.3, -0.25) is 9.79 Å². The van der Waals surface area contributed by atoms with Gasteiger partial charge in [0.25, 0.3) is 0 Å². The summed E-state index contributed by atoms with van der Waals surface area (Å²) in [6, 6.07) is 7.13. The normalized spacial score (nSPS) is 15.2. The zero-order valence-electron chi connectivity index (χ0n) is 12.8. The molecule has 1 aliphatic rings. The Bertz CT molecular complexity index is 586. The summed E-state index contributed by atoms with van der Waals surface area (Å²) in [5, 5.41) is 4.27. The van der Waals surface area contributed by atoms with Gasteiger partial charge in [-0.05, 0) is 36.5 Å². The molecule has 23 heavy (non-hydrogen) atoms. The van der Waals surface area contributed by atoms with Crippen molar-refractivity contribution in [3.05, 3.63) is 34.9 Å². The Morgan fingerprint density at radius 2 is 2.04 bits per heavy atom. The Morgan fingerprint density at radius 3 is 2.65 bits per heavy atom. The maximum absolute atomic E-state index is 11.4. The van der Waals surface area contributed by atoms with Crippen LogP contribution >= 0.6 is 23.8 Å². The minimum absolute atomic E-state index is 0.0901. The molecule has 0 aliphatic carbocycles. The van der Waals surface area contributed by atoms with Crippen LogP contribution in [0.3, 0.4) is 0 Å². The zero-order valence-corrected chi connectivity index (χ0v) is 14.3. The highest BCUT2D eigenvalue weighted by Crippen LogP contribution is 2.10. The van der Waals surface area contributed by atoms with Crippen molar-refractivity contribution in [2.75, 3.05) is 40.0 Å². The van der Waals surface area contributed by atoms with E-state index >= 15 is 0 Å². The molecule has 0 unspecified atom stereocenters. The minimum Gasteiger partial charge on any atom is -0.468 e. The van der Waals surface area contributed by atoms with Crippen molar-refractivity contribution in [3.63, 3.8) is 0 Å². The molecule has 0 bridgehead atoms. The quantitative estimate of drug-likeness (QED) is 0.383. The summed E-state index contributed by atoms with van der Waals surface area (Å²) in [6.07, 6.45) is 0. The summed E-state index contributed by atoms with van der Waals surface area (Å²) in [4.78, 5) is 17.6. The molecular weight excluding hydrogens is 338 g/mol. The minimum atomic E-state index is -0.421. The first-order chi connectivity index (χ1) is 11.1. The lowest BCUT2D eigenvalue weighted by Crippen LogP contribution is -2.48. The first-order valence-corrected chi connectivity index (χ1v) is 7.89. The highest BCUT2D eigenvalue weighted by molar-refractivity contribution is 7.80. The third kappa shape index (κ3) is 5.46. The molecule has 0 aromatic heterocycles. The predicted octanol–water partition coefficient (Wildman–Crippen LogP) is 1.47. The lowest BCUT2D eigenvalue weighted by Gasteiger charge is -2.29. The second kappa shape index (κ2) is 8.81. The van der Waals surface area contributed by atoms with E-state index in [-0.39, 0.29) is 6.54 Å². The first kappa shape index (κ1) is 17.7. The lowest BCUT2D eigenvalue weighted by molar-refractivity contribution is -0.138. The van der Waals surface area contributed by atoms with Gasteiger partial charge in [-0.2, -0.15) is 0 Å². The number of carbonyl (C=O) groups excluding carboxylic acids is 1. The summed E-state index contributed by atoms with van der Waals surface area (Å²) in [5.74, 6) is 0.0825. The molecule has 1 saturated heterocycles. The van der Waals surface area contributed by atoms with E-state index in [2.05, 4.69) is 15.0 Å². The van der Waals surface area contributed by atoms with E-state index in [9.17, 15) is 4.79 Å². The Morgan fingerprint density at radius 1 is 1.39 bits per heavy atom. The number of thiocarbonyl (C=S) groups is 1. The SMILES string of the molecule is COC(=O)CN=C(NC(=S)N1CCOCC1)c1ccc(Cl)cc1. The number of nitrogens with zero attached hydrogens (tertiary/aromatic N) is 2. The summed E-state index contributed by atoms with van der Waals surface area (Å²) in [5.41, 5.74) is 0.786. The number of benzene rings is 1. The fraction of sp³-hybridized carbons (Fsp3) is 0.400. The van der Waals surface area contributed by atoms with Gasteiger partial charge in [-0.15, -0.1) is 0 Å². The molecule has 124 valence electrons. The van der Waals surface area contributed by atoms with Crippen LogP contribution in [0, 0.1) is 0 Å². The van der Waals surface area contributed by atoms with Crippen LogP contribution in [0.5, 0.6) is 0 Å². The maximum Gasteiger partial charge on any atom is 0.327 e. The Kier molecular flexibility index (Phi) is 6.76. The number of rotatable bonds is 3. The van der Waals surface area contributed by atoms with Crippen LogP contribution < -0.4 is 5.32 Å². The van der Waals surface area contributed by atoms with Gasteiger partial charge in [0.1, 0.15) is 12.4 Å². The number of aliphatic imine (C=N–C) groups is 1. The maximum atomic E-state index is 11.4. The summed E-state index contributed by atoms with van der Waals surface area (Å²) < 4.78 is 9.93. The molecule has 1 aromatic rings. The van der Waals surface area contributed by atoms with E-state index < -0.39 is 5.97 Å². The first-order valence-electron chi connectivity index (χ1n) is 7.11. The van der Waals surface area contributed by atoms with Gasteiger partial charge in [0.2, 0.25) is 0 Å². The van der Waals surface area contributed by atoms with Crippen molar-refractivity contribution in [3.8, 4) is 0 Å². The Hall–Kier alpha value is -1.70. The van der Waals surface area contributed by atoms with Crippen molar-refractivity contribution >= 4 is 40.7 Å². The number of carbonyl (C=O) groups is 1. The highest BCUT2D eigenvalue weighted by atomic mass is 35.5. The van der Waals surface area contributed by atoms with Gasteiger partial charge >= 0.3 is 5.97 Å².